The van der Waals surface area contributed by atoms with Crippen LogP contribution in [0.3, 0.4) is 0 Å². The van der Waals surface area contributed by atoms with Gasteiger partial charge in [0.1, 0.15) is 11.5 Å². The minimum Gasteiger partial charge on any atom is -0.267 e. The first-order valence-electron chi connectivity index (χ1n) is 5.85. The number of benzene rings is 1. The third-order valence-corrected chi connectivity index (χ3v) is 2.87. The molecule has 0 atom stereocenters. The summed E-state index contributed by atoms with van der Waals surface area (Å²) in [6.07, 6.45) is 3.08. The second-order valence-corrected chi connectivity index (χ2v) is 4.48. The van der Waals surface area contributed by atoms with E-state index in [-0.39, 0.29) is 11.0 Å². The van der Waals surface area contributed by atoms with Crippen molar-refractivity contribution >= 4 is 11.6 Å². The Labute approximate surface area is 119 Å². The molecule has 3 aromatic rings. The molecule has 0 aliphatic carbocycles. The molecule has 7 heteroatoms. The first kappa shape index (κ1) is 12.7. The van der Waals surface area contributed by atoms with Gasteiger partial charge in [0.15, 0.2) is 5.15 Å². The lowest BCUT2D eigenvalue weighted by atomic mass is 10.2. The van der Waals surface area contributed by atoms with Crippen molar-refractivity contribution in [2.24, 2.45) is 0 Å². The fraction of sp³-hybridized carbons (Fsp3) is 0.0769. The van der Waals surface area contributed by atoms with Crippen molar-refractivity contribution < 1.29 is 4.39 Å². The van der Waals surface area contributed by atoms with Crippen LogP contribution in [0.2, 0.25) is 5.15 Å². The minimum absolute atomic E-state index is 0.249. The number of hydrogen-bond donors (Lipinski definition) is 0. The van der Waals surface area contributed by atoms with E-state index in [0.717, 1.165) is 0 Å². The van der Waals surface area contributed by atoms with Gasteiger partial charge in [-0.15, -0.1) is 5.10 Å². The summed E-state index contributed by atoms with van der Waals surface area (Å²) in [5, 5.41) is 12.1. The maximum atomic E-state index is 13.6. The van der Waals surface area contributed by atoms with E-state index in [1.54, 1.807) is 35.1 Å². The fourth-order valence-electron chi connectivity index (χ4n) is 1.76. The molecule has 0 saturated heterocycles. The van der Waals surface area contributed by atoms with E-state index in [4.69, 9.17) is 11.6 Å². The van der Waals surface area contributed by atoms with E-state index in [1.807, 2.05) is 0 Å². The van der Waals surface area contributed by atoms with E-state index in [0.29, 0.717) is 23.6 Å². The molecule has 0 spiro atoms. The molecule has 0 aliphatic rings. The maximum absolute atomic E-state index is 13.6. The van der Waals surface area contributed by atoms with Gasteiger partial charge in [-0.3, -0.25) is 4.68 Å². The van der Waals surface area contributed by atoms with E-state index >= 15 is 0 Å². The summed E-state index contributed by atoms with van der Waals surface area (Å²) in [5.74, 6) is 0.0787. The van der Waals surface area contributed by atoms with Crippen LogP contribution in [-0.4, -0.2) is 25.0 Å². The van der Waals surface area contributed by atoms with Crippen molar-refractivity contribution in [3.05, 3.63) is 59.3 Å². The van der Waals surface area contributed by atoms with Crippen LogP contribution in [0.25, 0.3) is 11.5 Å². The maximum Gasteiger partial charge on any atom is 0.203 e. The van der Waals surface area contributed by atoms with Gasteiger partial charge in [-0.05, 0) is 12.1 Å². The topological polar surface area (TPSA) is 56.5 Å². The molecule has 5 nitrogen and oxygen atoms in total. The third-order valence-electron chi connectivity index (χ3n) is 2.69. The van der Waals surface area contributed by atoms with E-state index in [1.165, 1.54) is 12.3 Å². The average molecular weight is 290 g/mol. The lowest BCUT2D eigenvalue weighted by Gasteiger charge is -2.02. The predicted octanol–water partition coefficient (Wildman–Crippen LogP) is 2.58. The van der Waals surface area contributed by atoms with Gasteiger partial charge < -0.3 is 0 Å². The van der Waals surface area contributed by atoms with Crippen molar-refractivity contribution in [2.45, 2.75) is 6.54 Å². The fourth-order valence-corrected chi connectivity index (χ4v) is 1.89. The second kappa shape index (κ2) is 5.34. The summed E-state index contributed by atoms with van der Waals surface area (Å²) in [5.41, 5.74) is 1.10. The highest BCUT2D eigenvalue weighted by molar-refractivity contribution is 6.29. The highest BCUT2D eigenvalue weighted by Gasteiger charge is 2.08. The molecule has 0 N–H and O–H groups in total. The van der Waals surface area contributed by atoms with Crippen LogP contribution in [0, 0.1) is 5.82 Å². The van der Waals surface area contributed by atoms with Gasteiger partial charge in [-0.2, -0.15) is 10.2 Å². The highest BCUT2D eigenvalue weighted by atomic mass is 35.5. The van der Waals surface area contributed by atoms with Crippen LogP contribution in [0.15, 0.2) is 42.7 Å². The van der Waals surface area contributed by atoms with Crippen LogP contribution >= 0.6 is 11.6 Å². The number of halogens is 2. The molecule has 2 heterocycles. The van der Waals surface area contributed by atoms with Gasteiger partial charge in [0.2, 0.25) is 5.82 Å². The monoisotopic (exact) mass is 289 g/mol. The van der Waals surface area contributed by atoms with Crippen LogP contribution in [0.1, 0.15) is 5.56 Å². The van der Waals surface area contributed by atoms with Gasteiger partial charge in [0.25, 0.3) is 0 Å². The first-order chi connectivity index (χ1) is 9.72. The number of nitrogens with zero attached hydrogens (tertiary/aromatic N) is 5. The summed E-state index contributed by atoms with van der Waals surface area (Å²) in [6, 6.07) is 8.30. The number of rotatable bonds is 3. The SMILES string of the molecule is Fc1ccccc1Cn1ccc(-c2nncc(Cl)n2)n1. The Balaban J connectivity index is 1.86. The number of aromatic nitrogens is 5. The summed E-state index contributed by atoms with van der Waals surface area (Å²) >= 11 is 5.75. The molecule has 3 rings (SSSR count). The van der Waals surface area contributed by atoms with Gasteiger partial charge in [-0.25, -0.2) is 9.37 Å². The Kier molecular flexibility index (Phi) is 3.39. The normalized spacial score (nSPS) is 10.7. The van der Waals surface area contributed by atoms with Gasteiger partial charge >= 0.3 is 0 Å². The predicted molar refractivity (Wildman–Crippen MR) is 71.6 cm³/mol. The van der Waals surface area contributed by atoms with E-state index in [2.05, 4.69) is 20.3 Å². The molecule has 0 aliphatic heterocycles. The molecule has 0 fully saturated rings. The van der Waals surface area contributed by atoms with Crippen molar-refractivity contribution in [3.8, 4) is 11.5 Å². The molecule has 100 valence electrons. The zero-order valence-corrected chi connectivity index (χ0v) is 11.0. The van der Waals surface area contributed by atoms with Gasteiger partial charge in [-0.1, -0.05) is 29.8 Å². The third kappa shape index (κ3) is 2.65. The summed E-state index contributed by atoms with van der Waals surface area (Å²) in [6.45, 7) is 0.334. The molecule has 0 saturated carbocycles. The van der Waals surface area contributed by atoms with Crippen molar-refractivity contribution in [1.29, 1.82) is 0 Å². The molecular formula is C13H9ClFN5. The molecule has 0 unspecified atom stereocenters. The van der Waals surface area contributed by atoms with Crippen LogP contribution in [-0.2, 0) is 6.54 Å². The average Bonchev–Trinajstić information content (AvgIpc) is 2.90. The lowest BCUT2D eigenvalue weighted by molar-refractivity contribution is 0.585. The Hall–Kier alpha value is -2.34. The molecule has 0 amide bonds. The van der Waals surface area contributed by atoms with E-state index < -0.39 is 0 Å². The molecular weight excluding hydrogens is 281 g/mol. The molecule has 1 aromatic carbocycles. The van der Waals surface area contributed by atoms with Crippen molar-refractivity contribution in [2.75, 3.05) is 0 Å². The number of hydrogen-bond acceptors (Lipinski definition) is 4. The summed E-state index contributed by atoms with van der Waals surface area (Å²) in [7, 11) is 0. The second-order valence-electron chi connectivity index (χ2n) is 4.09. The zero-order chi connectivity index (χ0) is 13.9. The molecule has 0 bridgehead atoms. The summed E-state index contributed by atoms with van der Waals surface area (Å²) < 4.78 is 15.2. The first-order valence-corrected chi connectivity index (χ1v) is 6.22. The van der Waals surface area contributed by atoms with Gasteiger partial charge in [0.05, 0.1) is 12.7 Å². The molecule has 2 aromatic heterocycles. The standard InChI is InChI=1S/C13H9ClFN5/c14-12-7-16-18-13(17-12)11-5-6-20(19-11)8-9-3-1-2-4-10(9)15/h1-7H,8H2. The smallest absolute Gasteiger partial charge is 0.203 e. The Bertz CT molecular complexity index is 743. The Morgan fingerprint density at radius 1 is 1.20 bits per heavy atom. The summed E-state index contributed by atoms with van der Waals surface area (Å²) in [4.78, 5) is 4.02. The van der Waals surface area contributed by atoms with Crippen LogP contribution in [0.5, 0.6) is 0 Å². The largest absolute Gasteiger partial charge is 0.267 e. The Morgan fingerprint density at radius 3 is 2.85 bits per heavy atom. The lowest BCUT2D eigenvalue weighted by Crippen LogP contribution is -2.03. The van der Waals surface area contributed by atoms with Crippen molar-refractivity contribution in [3.63, 3.8) is 0 Å². The van der Waals surface area contributed by atoms with E-state index in [9.17, 15) is 4.39 Å². The zero-order valence-electron chi connectivity index (χ0n) is 10.2. The quantitative estimate of drug-likeness (QED) is 0.743. The molecule has 0 radical (unpaired) electrons. The van der Waals surface area contributed by atoms with Crippen LogP contribution < -0.4 is 0 Å². The van der Waals surface area contributed by atoms with Gasteiger partial charge in [0, 0.05) is 11.8 Å². The highest BCUT2D eigenvalue weighted by Crippen LogP contribution is 2.14. The minimum atomic E-state index is -0.259. The van der Waals surface area contributed by atoms with Crippen LogP contribution in [0.4, 0.5) is 4.39 Å². The molecule has 20 heavy (non-hydrogen) atoms. The van der Waals surface area contributed by atoms with Crippen molar-refractivity contribution in [1.82, 2.24) is 25.0 Å². The Morgan fingerprint density at radius 2 is 2.05 bits per heavy atom.